The second-order valence-corrected chi connectivity index (χ2v) is 16.3. The third-order valence-corrected chi connectivity index (χ3v) is 12.2. The molecule has 0 saturated heterocycles. The molecule has 0 aliphatic heterocycles. The van der Waals surface area contributed by atoms with Crippen molar-refractivity contribution < 1.29 is 0 Å². The molecule has 5 nitrogen and oxygen atoms in total. The maximum absolute atomic E-state index is 5.27. The van der Waals surface area contributed by atoms with Gasteiger partial charge in [0.1, 0.15) is 0 Å². The van der Waals surface area contributed by atoms with Gasteiger partial charge in [-0.05, 0) is 144 Å². The Bertz CT molecular complexity index is 3520. The Hall–Kier alpha value is -8.67. The summed E-state index contributed by atoms with van der Waals surface area (Å²) >= 11 is 0. The fraction of sp³-hybridized carbons (Fsp3) is 0. The first-order chi connectivity index (χ1) is 31.6. The Kier molecular flexibility index (Phi) is 9.08. The van der Waals surface area contributed by atoms with Gasteiger partial charge in [0.05, 0.1) is 0 Å². The van der Waals surface area contributed by atoms with E-state index in [2.05, 4.69) is 198 Å². The molecular formula is C59H37N5. The zero-order valence-electron chi connectivity index (χ0n) is 34.6. The van der Waals surface area contributed by atoms with Gasteiger partial charge in [-0.1, -0.05) is 133 Å². The highest BCUT2D eigenvalue weighted by Gasteiger charge is 2.17. The minimum absolute atomic E-state index is 0.581. The molecule has 3 aromatic heterocycles. The number of benzene rings is 9. The van der Waals surface area contributed by atoms with Crippen LogP contribution in [0.3, 0.4) is 0 Å². The average Bonchev–Trinajstić information content (AvgIpc) is 3.38. The molecular weight excluding hydrogens is 779 g/mol. The predicted octanol–water partition coefficient (Wildman–Crippen LogP) is 14.9. The summed E-state index contributed by atoms with van der Waals surface area (Å²) in [6.45, 7) is 0. The zero-order chi connectivity index (χ0) is 42.4. The van der Waals surface area contributed by atoms with Gasteiger partial charge in [-0.2, -0.15) is 0 Å². The highest BCUT2D eigenvalue weighted by Crippen LogP contribution is 2.37. The molecule has 12 aromatic rings. The second-order valence-electron chi connectivity index (χ2n) is 16.3. The molecule has 0 aliphatic rings. The van der Waals surface area contributed by atoms with Crippen molar-refractivity contribution in [2.45, 2.75) is 0 Å². The molecule has 9 aromatic carbocycles. The lowest BCUT2D eigenvalue weighted by Crippen LogP contribution is -2.01. The van der Waals surface area contributed by atoms with Crippen LogP contribution < -0.4 is 0 Å². The van der Waals surface area contributed by atoms with Crippen molar-refractivity contribution in [1.29, 1.82) is 0 Å². The van der Waals surface area contributed by atoms with Crippen molar-refractivity contribution in [2.24, 2.45) is 0 Å². The number of nitrogens with zero attached hydrogens (tertiary/aromatic N) is 5. The Morgan fingerprint density at radius 3 is 1.00 bits per heavy atom. The van der Waals surface area contributed by atoms with Gasteiger partial charge < -0.3 is 0 Å². The summed E-state index contributed by atoms with van der Waals surface area (Å²) in [5.74, 6) is 1.75. The molecule has 64 heavy (non-hydrogen) atoms. The van der Waals surface area contributed by atoms with Crippen LogP contribution in [0.4, 0.5) is 0 Å². The number of fused-ring (bicyclic) bond motifs is 4. The molecule has 3 heterocycles. The van der Waals surface area contributed by atoms with Gasteiger partial charge in [0, 0.05) is 52.3 Å². The van der Waals surface area contributed by atoms with E-state index in [4.69, 9.17) is 15.0 Å². The van der Waals surface area contributed by atoms with Crippen LogP contribution >= 0.6 is 0 Å². The van der Waals surface area contributed by atoms with Gasteiger partial charge >= 0.3 is 0 Å². The molecule has 5 heteroatoms. The molecule has 298 valence electrons. The van der Waals surface area contributed by atoms with Gasteiger partial charge in [-0.15, -0.1) is 0 Å². The first kappa shape index (κ1) is 37.1. The molecule has 0 radical (unpaired) electrons. The lowest BCUT2D eigenvalue weighted by atomic mass is 9.92. The summed E-state index contributed by atoms with van der Waals surface area (Å²) in [7, 11) is 0. The Balaban J connectivity index is 1.05. The van der Waals surface area contributed by atoms with E-state index in [-0.39, 0.29) is 0 Å². The summed E-state index contributed by atoms with van der Waals surface area (Å²) in [5.41, 5.74) is 11.6. The van der Waals surface area contributed by atoms with E-state index < -0.39 is 0 Å². The number of hydrogen-bond donors (Lipinski definition) is 0. The van der Waals surface area contributed by atoms with Gasteiger partial charge in [0.25, 0.3) is 0 Å². The molecule has 0 N–H and O–H groups in total. The van der Waals surface area contributed by atoms with Crippen LogP contribution in [0.15, 0.2) is 225 Å². The van der Waals surface area contributed by atoms with Crippen LogP contribution in [0.5, 0.6) is 0 Å². The summed E-state index contributed by atoms with van der Waals surface area (Å²) < 4.78 is 0. The van der Waals surface area contributed by atoms with Crippen LogP contribution in [0.2, 0.25) is 0 Å². The van der Waals surface area contributed by atoms with E-state index in [0.29, 0.717) is 17.5 Å². The number of hydrogen-bond acceptors (Lipinski definition) is 5. The summed E-state index contributed by atoms with van der Waals surface area (Å²) in [6.07, 6.45) is 7.39. The van der Waals surface area contributed by atoms with E-state index in [9.17, 15) is 0 Å². The first-order valence-corrected chi connectivity index (χ1v) is 21.4. The van der Waals surface area contributed by atoms with E-state index in [1.165, 1.54) is 32.7 Å². The highest BCUT2D eigenvalue weighted by molar-refractivity contribution is 5.92. The minimum Gasteiger partial charge on any atom is -0.264 e. The Labute approximate surface area is 370 Å². The molecule has 0 spiro atoms. The van der Waals surface area contributed by atoms with E-state index in [1.807, 2.05) is 36.9 Å². The second kappa shape index (κ2) is 15.7. The fourth-order valence-corrected chi connectivity index (χ4v) is 8.80. The lowest BCUT2D eigenvalue weighted by Gasteiger charge is -2.14. The van der Waals surface area contributed by atoms with Crippen molar-refractivity contribution in [2.75, 3.05) is 0 Å². The molecule has 0 amide bonds. The number of pyridine rings is 2. The van der Waals surface area contributed by atoms with Gasteiger partial charge in [-0.3, -0.25) is 9.97 Å². The first-order valence-electron chi connectivity index (χ1n) is 21.4. The van der Waals surface area contributed by atoms with E-state index >= 15 is 0 Å². The zero-order valence-corrected chi connectivity index (χ0v) is 34.6. The largest absolute Gasteiger partial charge is 0.264 e. The molecule has 0 fully saturated rings. The molecule has 12 rings (SSSR count). The SMILES string of the molecule is c1cc(-c2cc(-c3cccc(-c4ccc5ccccc5c4)c3)cc(-c3nc(-c4ccc5ccncc5c4)nc(-c4ccc5ccncc5c4)n3)c2)cc(-c2ccc3ccccc3c2)c1. The quantitative estimate of drug-likeness (QED) is 0.160. The van der Waals surface area contributed by atoms with Crippen molar-refractivity contribution in [3.05, 3.63) is 225 Å². The highest BCUT2D eigenvalue weighted by atomic mass is 15.0. The Morgan fingerprint density at radius 1 is 0.203 bits per heavy atom. The summed E-state index contributed by atoms with van der Waals surface area (Å²) in [4.78, 5) is 24.5. The lowest BCUT2D eigenvalue weighted by molar-refractivity contribution is 1.07. The third kappa shape index (κ3) is 7.11. The van der Waals surface area contributed by atoms with Crippen LogP contribution in [-0.2, 0) is 0 Å². The van der Waals surface area contributed by atoms with Gasteiger partial charge in [0.15, 0.2) is 17.5 Å². The predicted molar refractivity (Wildman–Crippen MR) is 263 cm³/mol. The molecule has 0 unspecified atom stereocenters. The van der Waals surface area contributed by atoms with Crippen LogP contribution in [0.1, 0.15) is 0 Å². The van der Waals surface area contributed by atoms with Gasteiger partial charge in [-0.25, -0.2) is 15.0 Å². The van der Waals surface area contributed by atoms with Crippen LogP contribution in [0.25, 0.3) is 122 Å². The monoisotopic (exact) mass is 815 g/mol. The minimum atomic E-state index is 0.581. The van der Waals surface area contributed by atoms with Crippen molar-refractivity contribution in [3.63, 3.8) is 0 Å². The molecule has 0 aliphatic carbocycles. The molecule has 0 atom stereocenters. The van der Waals surface area contributed by atoms with E-state index in [1.54, 1.807) is 0 Å². The maximum Gasteiger partial charge on any atom is 0.164 e. The van der Waals surface area contributed by atoms with Gasteiger partial charge in [0.2, 0.25) is 0 Å². The molecule has 0 saturated carbocycles. The standard InChI is InChI=1S/C59H37N5/c1-3-9-42-27-48(19-15-38(42)7-1)44-11-5-13-46(29-44)52-33-53(47-14-6-12-45(30-47)49-20-16-39-8-2-4-10-43(39)28-49)35-54(34-52)59-63-57(50-21-17-40-23-25-60-36-55(40)31-50)62-58(64-59)51-22-18-41-24-26-61-37-56(41)32-51/h1-37H. The number of rotatable bonds is 7. The van der Waals surface area contributed by atoms with Crippen molar-refractivity contribution in [1.82, 2.24) is 24.9 Å². The number of aromatic nitrogens is 5. The van der Waals surface area contributed by atoms with Crippen molar-refractivity contribution in [3.8, 4) is 78.7 Å². The average molecular weight is 816 g/mol. The fourth-order valence-electron chi connectivity index (χ4n) is 8.80. The molecule has 0 bridgehead atoms. The summed E-state index contributed by atoms with van der Waals surface area (Å²) in [5, 5.41) is 9.11. The maximum atomic E-state index is 5.27. The Morgan fingerprint density at radius 2 is 0.531 bits per heavy atom. The third-order valence-electron chi connectivity index (χ3n) is 12.2. The van der Waals surface area contributed by atoms with E-state index in [0.717, 1.165) is 71.6 Å². The smallest absolute Gasteiger partial charge is 0.164 e. The van der Waals surface area contributed by atoms with Crippen LogP contribution in [-0.4, -0.2) is 24.9 Å². The normalized spacial score (nSPS) is 11.4. The van der Waals surface area contributed by atoms with Crippen LogP contribution in [0, 0.1) is 0 Å². The van der Waals surface area contributed by atoms with Crippen molar-refractivity contribution >= 4 is 43.1 Å². The summed E-state index contributed by atoms with van der Waals surface area (Å²) in [6, 6.07) is 71.3. The topological polar surface area (TPSA) is 64.5 Å².